The van der Waals surface area contributed by atoms with Gasteiger partial charge in [0, 0.05) is 12.5 Å². The molecule has 2 unspecified atom stereocenters. The van der Waals surface area contributed by atoms with Gasteiger partial charge in [-0.1, -0.05) is 13.3 Å². The Morgan fingerprint density at radius 3 is 2.35 bits per heavy atom. The number of hydrogen-bond donors (Lipinski definition) is 2. The molecule has 0 aromatic rings. The average Bonchev–Trinajstić information content (AvgIpc) is 2.14. The maximum absolute atomic E-state index is 11.9. The third-order valence-electron chi connectivity index (χ3n) is 2.46. The van der Waals surface area contributed by atoms with E-state index in [0.29, 0.717) is 12.8 Å². The topological polar surface area (TPSA) is 49.3 Å². The fourth-order valence-electron chi connectivity index (χ4n) is 1.60. The predicted molar refractivity (Wildman–Crippen MR) is 58.8 cm³/mol. The standard InChI is InChI=1S/C11H20F3NO2/c1-3-5-9(10(16)17)15-8(2)6-4-7-11(12,13)14/h8-9,15H,3-7H2,1-2H3,(H,16,17). The minimum Gasteiger partial charge on any atom is -0.480 e. The second-order valence-corrected chi connectivity index (χ2v) is 4.25. The first-order valence-corrected chi connectivity index (χ1v) is 5.82. The van der Waals surface area contributed by atoms with E-state index >= 15 is 0 Å². The Bertz CT molecular complexity index is 231. The van der Waals surface area contributed by atoms with Gasteiger partial charge in [-0.25, -0.2) is 0 Å². The highest BCUT2D eigenvalue weighted by atomic mass is 19.4. The van der Waals surface area contributed by atoms with E-state index in [-0.39, 0.29) is 12.5 Å². The van der Waals surface area contributed by atoms with Crippen LogP contribution in [0.15, 0.2) is 0 Å². The lowest BCUT2D eigenvalue weighted by Gasteiger charge is -2.19. The normalized spacial score (nSPS) is 15.6. The fourth-order valence-corrected chi connectivity index (χ4v) is 1.60. The van der Waals surface area contributed by atoms with Gasteiger partial charge >= 0.3 is 12.1 Å². The molecule has 0 aliphatic carbocycles. The van der Waals surface area contributed by atoms with Gasteiger partial charge in [0.2, 0.25) is 0 Å². The molecule has 0 bridgehead atoms. The zero-order valence-electron chi connectivity index (χ0n) is 10.2. The average molecular weight is 255 g/mol. The number of nitrogens with one attached hydrogen (secondary N) is 1. The number of carboxylic acids is 1. The number of alkyl halides is 3. The summed E-state index contributed by atoms with van der Waals surface area (Å²) in [5.74, 6) is -0.950. The van der Waals surface area contributed by atoms with Crippen LogP contribution in [0.2, 0.25) is 0 Å². The monoisotopic (exact) mass is 255 g/mol. The number of carbonyl (C=O) groups is 1. The number of hydrogen-bond acceptors (Lipinski definition) is 2. The molecule has 0 amide bonds. The molecule has 102 valence electrons. The van der Waals surface area contributed by atoms with E-state index in [4.69, 9.17) is 5.11 Å². The number of carboxylic acid groups (broad SMARTS) is 1. The summed E-state index contributed by atoms with van der Waals surface area (Å²) in [4.78, 5) is 10.8. The first-order chi connectivity index (χ1) is 7.76. The van der Waals surface area contributed by atoms with Crippen LogP contribution < -0.4 is 5.32 Å². The molecule has 2 N–H and O–H groups in total. The number of aliphatic carboxylic acids is 1. The molecule has 17 heavy (non-hydrogen) atoms. The summed E-state index contributed by atoms with van der Waals surface area (Å²) in [6.07, 6.45) is -3.39. The van der Waals surface area contributed by atoms with Crippen LogP contribution in [-0.2, 0) is 4.79 Å². The Morgan fingerprint density at radius 2 is 1.94 bits per heavy atom. The number of rotatable bonds is 8. The Labute approximate surface area is 99.4 Å². The zero-order valence-corrected chi connectivity index (χ0v) is 10.2. The molecule has 0 rings (SSSR count). The second kappa shape index (κ2) is 7.53. The summed E-state index contributed by atoms with van der Waals surface area (Å²) in [5.41, 5.74) is 0. The summed E-state index contributed by atoms with van der Waals surface area (Å²) in [5, 5.41) is 11.7. The van der Waals surface area contributed by atoms with Crippen LogP contribution in [0.3, 0.4) is 0 Å². The van der Waals surface area contributed by atoms with Crippen LogP contribution in [0.4, 0.5) is 13.2 Å². The maximum atomic E-state index is 11.9. The molecule has 0 radical (unpaired) electrons. The Balaban J connectivity index is 3.90. The highest BCUT2D eigenvalue weighted by molar-refractivity contribution is 5.73. The van der Waals surface area contributed by atoms with Crippen molar-refractivity contribution in [1.82, 2.24) is 5.32 Å². The van der Waals surface area contributed by atoms with Crippen LogP contribution in [0.25, 0.3) is 0 Å². The van der Waals surface area contributed by atoms with Gasteiger partial charge in [0.05, 0.1) is 0 Å². The molecule has 0 aromatic heterocycles. The molecule has 0 heterocycles. The van der Waals surface area contributed by atoms with E-state index < -0.39 is 24.6 Å². The Kier molecular flexibility index (Phi) is 7.18. The Morgan fingerprint density at radius 1 is 1.35 bits per heavy atom. The lowest BCUT2D eigenvalue weighted by Crippen LogP contribution is -2.42. The van der Waals surface area contributed by atoms with E-state index in [9.17, 15) is 18.0 Å². The quantitative estimate of drug-likeness (QED) is 0.701. The van der Waals surface area contributed by atoms with Crippen LogP contribution in [-0.4, -0.2) is 29.3 Å². The van der Waals surface area contributed by atoms with Gasteiger partial charge in [-0.05, 0) is 26.2 Å². The van der Waals surface area contributed by atoms with E-state index in [1.54, 1.807) is 6.92 Å². The summed E-state index contributed by atoms with van der Waals surface area (Å²) >= 11 is 0. The van der Waals surface area contributed by atoms with Gasteiger partial charge in [0.25, 0.3) is 0 Å². The van der Waals surface area contributed by atoms with Crippen molar-refractivity contribution in [1.29, 1.82) is 0 Å². The largest absolute Gasteiger partial charge is 0.480 e. The van der Waals surface area contributed by atoms with E-state index in [0.717, 1.165) is 6.42 Å². The van der Waals surface area contributed by atoms with Gasteiger partial charge in [0.1, 0.15) is 6.04 Å². The second-order valence-electron chi connectivity index (χ2n) is 4.25. The lowest BCUT2D eigenvalue weighted by atomic mass is 10.1. The van der Waals surface area contributed by atoms with Gasteiger partial charge in [0.15, 0.2) is 0 Å². The van der Waals surface area contributed by atoms with Crippen molar-refractivity contribution in [3.63, 3.8) is 0 Å². The summed E-state index contributed by atoms with van der Waals surface area (Å²) in [6.45, 7) is 3.58. The van der Waals surface area contributed by atoms with E-state index in [1.807, 2.05) is 6.92 Å². The predicted octanol–water partition coefficient (Wildman–Crippen LogP) is 2.95. The number of halogens is 3. The molecule has 0 saturated heterocycles. The Hall–Kier alpha value is -0.780. The molecule has 0 aliphatic heterocycles. The molecular weight excluding hydrogens is 235 g/mol. The summed E-state index contributed by atoms with van der Waals surface area (Å²) in [7, 11) is 0. The minimum absolute atomic E-state index is 0.0239. The third-order valence-corrected chi connectivity index (χ3v) is 2.46. The smallest absolute Gasteiger partial charge is 0.389 e. The minimum atomic E-state index is -4.13. The van der Waals surface area contributed by atoms with Crippen LogP contribution >= 0.6 is 0 Å². The zero-order chi connectivity index (χ0) is 13.5. The van der Waals surface area contributed by atoms with Crippen LogP contribution in [0.5, 0.6) is 0 Å². The van der Waals surface area contributed by atoms with Crippen molar-refractivity contribution in [2.24, 2.45) is 0 Å². The fraction of sp³-hybridized carbons (Fsp3) is 0.909. The highest BCUT2D eigenvalue weighted by Crippen LogP contribution is 2.22. The molecule has 6 heteroatoms. The van der Waals surface area contributed by atoms with Crippen LogP contribution in [0.1, 0.15) is 46.0 Å². The first kappa shape index (κ1) is 16.2. The van der Waals surface area contributed by atoms with E-state index in [1.165, 1.54) is 0 Å². The SMILES string of the molecule is CCCC(NC(C)CCCC(F)(F)F)C(=O)O. The van der Waals surface area contributed by atoms with Crippen LogP contribution in [0, 0.1) is 0 Å². The highest BCUT2D eigenvalue weighted by Gasteiger charge is 2.26. The maximum Gasteiger partial charge on any atom is 0.389 e. The van der Waals surface area contributed by atoms with Gasteiger partial charge < -0.3 is 10.4 Å². The molecule has 2 atom stereocenters. The molecule has 0 saturated carbocycles. The molecule has 0 aromatic carbocycles. The van der Waals surface area contributed by atoms with Crippen molar-refractivity contribution in [3.05, 3.63) is 0 Å². The lowest BCUT2D eigenvalue weighted by molar-refractivity contribution is -0.140. The molecule has 0 aliphatic rings. The van der Waals surface area contributed by atoms with Crippen molar-refractivity contribution < 1.29 is 23.1 Å². The van der Waals surface area contributed by atoms with Crippen molar-refractivity contribution in [2.45, 2.75) is 64.2 Å². The molecule has 0 fully saturated rings. The van der Waals surface area contributed by atoms with Gasteiger partial charge in [-0.2, -0.15) is 13.2 Å². The van der Waals surface area contributed by atoms with Gasteiger partial charge in [-0.15, -0.1) is 0 Å². The molecule has 0 spiro atoms. The van der Waals surface area contributed by atoms with Gasteiger partial charge in [-0.3, -0.25) is 4.79 Å². The van der Waals surface area contributed by atoms with Crippen molar-refractivity contribution in [3.8, 4) is 0 Å². The van der Waals surface area contributed by atoms with Crippen molar-refractivity contribution in [2.75, 3.05) is 0 Å². The summed E-state index contributed by atoms with van der Waals surface area (Å²) < 4.78 is 35.7. The third kappa shape index (κ3) is 8.97. The summed E-state index contributed by atoms with van der Waals surface area (Å²) in [6, 6.07) is -0.883. The van der Waals surface area contributed by atoms with E-state index in [2.05, 4.69) is 5.32 Å². The van der Waals surface area contributed by atoms with Crippen molar-refractivity contribution >= 4 is 5.97 Å². The first-order valence-electron chi connectivity index (χ1n) is 5.82. The molecule has 3 nitrogen and oxygen atoms in total. The molecular formula is C11H20F3NO2.